The van der Waals surface area contributed by atoms with Gasteiger partial charge in [0.1, 0.15) is 11.7 Å². The molecule has 2 heterocycles. The van der Waals surface area contributed by atoms with E-state index in [1.807, 2.05) is 12.1 Å². The molecule has 0 amide bonds. The van der Waals surface area contributed by atoms with Gasteiger partial charge in [-0.05, 0) is 37.0 Å². The molecule has 2 aliphatic heterocycles. The van der Waals surface area contributed by atoms with E-state index in [1.165, 1.54) is 12.7 Å². The number of nitrogens with zero attached hydrogens (tertiary/aromatic N) is 1. The highest BCUT2D eigenvalue weighted by Gasteiger charge is 2.38. The third kappa shape index (κ3) is 2.46. The normalized spacial score (nSPS) is 25.0. The summed E-state index contributed by atoms with van der Waals surface area (Å²) in [6.45, 7) is 0.961. The molecule has 3 aliphatic rings. The molecule has 2 atom stereocenters. The third-order valence-corrected chi connectivity index (χ3v) is 5.06. The second kappa shape index (κ2) is 5.92. The zero-order valence-corrected chi connectivity index (χ0v) is 13.5. The predicted octanol–water partition coefficient (Wildman–Crippen LogP) is 1.92. The van der Waals surface area contributed by atoms with Gasteiger partial charge in [0.2, 0.25) is 6.79 Å². The lowest BCUT2D eigenvalue weighted by molar-refractivity contribution is -0.151. The summed E-state index contributed by atoms with van der Waals surface area (Å²) < 4.78 is 15.7. The number of hydrogen-bond donors (Lipinski definition) is 0. The summed E-state index contributed by atoms with van der Waals surface area (Å²) in [5.74, 6) is 0.468. The van der Waals surface area contributed by atoms with Gasteiger partial charge in [-0.25, -0.2) is 0 Å². The lowest BCUT2D eigenvalue weighted by Crippen LogP contribution is -2.36. The first-order valence-corrected chi connectivity index (χ1v) is 8.25. The van der Waals surface area contributed by atoms with Gasteiger partial charge in [0.05, 0.1) is 7.11 Å². The molecular weight excluding hydrogens is 310 g/mol. The van der Waals surface area contributed by atoms with Crippen LogP contribution in [0.2, 0.25) is 0 Å². The van der Waals surface area contributed by atoms with Gasteiger partial charge in [-0.1, -0.05) is 0 Å². The maximum Gasteiger partial charge on any atom is 0.316 e. The molecule has 6 heteroatoms. The number of benzene rings is 1. The predicted molar refractivity (Wildman–Crippen MR) is 85.5 cm³/mol. The number of carbonyl (C=O) groups is 2. The van der Waals surface area contributed by atoms with Gasteiger partial charge in [-0.15, -0.1) is 0 Å². The van der Waals surface area contributed by atoms with Crippen LogP contribution >= 0.6 is 0 Å². The van der Waals surface area contributed by atoms with Crippen molar-refractivity contribution in [1.82, 2.24) is 0 Å². The van der Waals surface area contributed by atoms with E-state index in [2.05, 4.69) is 0 Å². The van der Waals surface area contributed by atoms with Crippen LogP contribution in [0.1, 0.15) is 30.4 Å². The van der Waals surface area contributed by atoms with Gasteiger partial charge in [0, 0.05) is 30.2 Å². The van der Waals surface area contributed by atoms with Crippen molar-refractivity contribution in [2.75, 3.05) is 20.4 Å². The van der Waals surface area contributed by atoms with E-state index >= 15 is 0 Å². The van der Waals surface area contributed by atoms with E-state index in [0.717, 1.165) is 42.2 Å². The number of ether oxygens (including phenoxy) is 3. The summed E-state index contributed by atoms with van der Waals surface area (Å²) in [5, 5.41) is 0. The maximum atomic E-state index is 12.0. The van der Waals surface area contributed by atoms with Gasteiger partial charge in [0.25, 0.3) is 0 Å². The van der Waals surface area contributed by atoms with Crippen LogP contribution in [0.3, 0.4) is 0 Å². The number of ketones is 1. The summed E-state index contributed by atoms with van der Waals surface area (Å²) in [6, 6.07) is 4.01. The van der Waals surface area contributed by atoms with Crippen LogP contribution in [0, 0.1) is 11.8 Å². The van der Waals surface area contributed by atoms with Crippen LogP contribution in [0.15, 0.2) is 17.1 Å². The Kier molecular flexibility index (Phi) is 3.75. The third-order valence-electron chi connectivity index (χ3n) is 5.06. The van der Waals surface area contributed by atoms with Crippen LogP contribution in [0.25, 0.3) is 0 Å². The minimum absolute atomic E-state index is 0.0274. The van der Waals surface area contributed by atoms with Crippen molar-refractivity contribution in [3.63, 3.8) is 0 Å². The minimum Gasteiger partial charge on any atom is -0.468 e. The molecule has 1 fully saturated rings. The molecule has 0 radical (unpaired) electrons. The summed E-state index contributed by atoms with van der Waals surface area (Å²) in [6.07, 6.45) is 2.45. The lowest BCUT2D eigenvalue weighted by atomic mass is 9.75. The Morgan fingerprint density at radius 3 is 2.83 bits per heavy atom. The van der Waals surface area contributed by atoms with Gasteiger partial charge in [0.15, 0.2) is 11.5 Å². The highest BCUT2D eigenvalue weighted by molar-refractivity contribution is 6.07. The topological polar surface area (TPSA) is 74.2 Å². The fraction of sp³-hybridized carbons (Fsp3) is 0.500. The number of aliphatic imine (C=N–C) groups is 1. The molecule has 6 nitrogen and oxygen atoms in total. The van der Waals surface area contributed by atoms with Gasteiger partial charge < -0.3 is 14.2 Å². The number of esters is 1. The van der Waals surface area contributed by atoms with Crippen LogP contribution in [0.5, 0.6) is 11.5 Å². The number of Topliss-reactive ketones (excluding diaryl/α,β-unsaturated/α-hetero) is 1. The van der Waals surface area contributed by atoms with Crippen molar-refractivity contribution < 1.29 is 23.8 Å². The number of rotatable bonds is 2. The Bertz CT molecular complexity index is 731. The standard InChI is InChI=1S/C18H19NO5/c1-22-18(21)13-6-11(2-3-14(13)20)17-12-8-16-15(23-9-24-16)7-10(12)4-5-19-17/h7-8,11,13H,2-6,9H2,1H3. The molecule has 2 unspecified atom stereocenters. The summed E-state index contributed by atoms with van der Waals surface area (Å²) >= 11 is 0. The molecule has 1 aromatic carbocycles. The van der Waals surface area contributed by atoms with Crippen LogP contribution in [0.4, 0.5) is 0 Å². The van der Waals surface area contributed by atoms with E-state index in [4.69, 9.17) is 19.2 Å². The number of hydrogen-bond acceptors (Lipinski definition) is 6. The molecule has 1 aliphatic carbocycles. The van der Waals surface area contributed by atoms with E-state index in [1.54, 1.807) is 0 Å². The van der Waals surface area contributed by atoms with E-state index in [-0.39, 0.29) is 18.5 Å². The fourth-order valence-electron chi connectivity index (χ4n) is 3.80. The van der Waals surface area contributed by atoms with Crippen molar-refractivity contribution in [3.8, 4) is 11.5 Å². The van der Waals surface area contributed by atoms with Crippen molar-refractivity contribution in [2.24, 2.45) is 16.8 Å². The Morgan fingerprint density at radius 1 is 1.25 bits per heavy atom. The molecule has 4 rings (SSSR count). The van der Waals surface area contributed by atoms with E-state index < -0.39 is 11.9 Å². The van der Waals surface area contributed by atoms with Crippen LogP contribution < -0.4 is 9.47 Å². The molecule has 1 saturated carbocycles. The zero-order chi connectivity index (χ0) is 16.7. The molecule has 0 aromatic heterocycles. The molecule has 24 heavy (non-hydrogen) atoms. The Balaban J connectivity index is 1.65. The van der Waals surface area contributed by atoms with Gasteiger partial charge in [-0.2, -0.15) is 0 Å². The van der Waals surface area contributed by atoms with Crippen molar-refractivity contribution in [1.29, 1.82) is 0 Å². The van der Waals surface area contributed by atoms with Crippen molar-refractivity contribution >= 4 is 17.5 Å². The van der Waals surface area contributed by atoms with E-state index in [0.29, 0.717) is 12.8 Å². The second-order valence-corrected chi connectivity index (χ2v) is 6.39. The quantitative estimate of drug-likeness (QED) is 0.612. The van der Waals surface area contributed by atoms with E-state index in [9.17, 15) is 9.59 Å². The molecule has 1 aromatic rings. The molecule has 126 valence electrons. The van der Waals surface area contributed by atoms with Crippen molar-refractivity contribution in [2.45, 2.75) is 25.7 Å². The van der Waals surface area contributed by atoms with Crippen LogP contribution in [-0.4, -0.2) is 37.9 Å². The lowest BCUT2D eigenvalue weighted by Gasteiger charge is -2.30. The monoisotopic (exact) mass is 329 g/mol. The first-order valence-electron chi connectivity index (χ1n) is 8.25. The van der Waals surface area contributed by atoms with Gasteiger partial charge in [-0.3, -0.25) is 14.6 Å². The number of methoxy groups -OCH3 is 1. The molecule has 0 N–H and O–H groups in total. The Labute approximate surface area is 139 Å². The molecular formula is C18H19NO5. The Hall–Kier alpha value is -2.37. The number of carbonyl (C=O) groups excluding carboxylic acids is 2. The average molecular weight is 329 g/mol. The Morgan fingerprint density at radius 2 is 2.04 bits per heavy atom. The molecule has 0 spiro atoms. The van der Waals surface area contributed by atoms with Gasteiger partial charge >= 0.3 is 5.97 Å². The zero-order valence-electron chi connectivity index (χ0n) is 13.5. The highest BCUT2D eigenvalue weighted by Crippen LogP contribution is 2.39. The average Bonchev–Trinajstić information content (AvgIpc) is 3.06. The SMILES string of the molecule is COC(=O)C1CC(C2=NCCc3cc4c(cc32)OCO4)CCC1=O. The first kappa shape index (κ1) is 15.2. The highest BCUT2D eigenvalue weighted by atomic mass is 16.7. The largest absolute Gasteiger partial charge is 0.468 e. The minimum atomic E-state index is -0.671. The smallest absolute Gasteiger partial charge is 0.316 e. The summed E-state index contributed by atoms with van der Waals surface area (Å²) in [7, 11) is 1.33. The first-order chi connectivity index (χ1) is 11.7. The molecule has 0 bridgehead atoms. The number of fused-ring (bicyclic) bond motifs is 2. The summed E-state index contributed by atoms with van der Waals surface area (Å²) in [4.78, 5) is 28.7. The van der Waals surface area contributed by atoms with Crippen molar-refractivity contribution in [3.05, 3.63) is 23.3 Å². The summed E-state index contributed by atoms with van der Waals surface area (Å²) in [5.41, 5.74) is 3.24. The van der Waals surface area contributed by atoms with Crippen LogP contribution in [-0.2, 0) is 20.7 Å². The molecule has 0 saturated heterocycles. The maximum absolute atomic E-state index is 12.0. The fourth-order valence-corrected chi connectivity index (χ4v) is 3.80. The second-order valence-electron chi connectivity index (χ2n) is 6.39.